The molecule has 0 spiro atoms. The van der Waals surface area contributed by atoms with E-state index in [4.69, 9.17) is 43.4 Å². The number of carbonyl (C=O) groups excluding carboxylic acids is 2. The van der Waals surface area contributed by atoms with Gasteiger partial charge in [-0.1, -0.05) is 35.3 Å². The van der Waals surface area contributed by atoms with Crippen molar-refractivity contribution in [2.24, 2.45) is 11.7 Å². The van der Waals surface area contributed by atoms with Crippen LogP contribution in [0.1, 0.15) is 66.2 Å². The zero-order valence-corrected chi connectivity index (χ0v) is 25.3. The third kappa shape index (κ3) is 4.88. The van der Waals surface area contributed by atoms with Crippen LogP contribution in [0.5, 0.6) is 11.5 Å². The highest BCUT2D eigenvalue weighted by Crippen LogP contribution is 2.49. The van der Waals surface area contributed by atoms with E-state index in [-0.39, 0.29) is 18.4 Å². The van der Waals surface area contributed by atoms with Crippen molar-refractivity contribution in [1.82, 2.24) is 20.1 Å². The number of amides is 2. The molecule has 1 aliphatic heterocycles. The molecule has 2 aromatic heterocycles. The minimum Gasteiger partial charge on any atom is -0.494 e. The Labute approximate surface area is 258 Å². The molecule has 11 heteroatoms. The van der Waals surface area contributed by atoms with Crippen LogP contribution < -0.4 is 20.5 Å². The molecule has 2 aromatic carbocycles. The number of fused-ring (bicyclic) bond motifs is 2. The first-order valence-corrected chi connectivity index (χ1v) is 15.2. The maximum atomic E-state index is 13.5. The molecule has 2 atom stereocenters. The quantitative estimate of drug-likeness (QED) is 0.244. The van der Waals surface area contributed by atoms with Crippen LogP contribution in [0, 0.1) is 5.92 Å². The summed E-state index contributed by atoms with van der Waals surface area (Å²) in [4.78, 5) is 31.2. The van der Waals surface area contributed by atoms with Crippen molar-refractivity contribution in [3.05, 3.63) is 69.5 Å². The lowest BCUT2D eigenvalue weighted by Gasteiger charge is -2.22. The van der Waals surface area contributed by atoms with E-state index in [1.165, 1.54) is 0 Å². The van der Waals surface area contributed by atoms with Gasteiger partial charge in [0.1, 0.15) is 34.7 Å². The number of methoxy groups -OCH3 is 1. The number of nitrogens with two attached hydrogens (primary N) is 1. The Morgan fingerprint density at radius 3 is 2.70 bits per heavy atom. The summed E-state index contributed by atoms with van der Waals surface area (Å²) in [6.45, 7) is 2.23. The van der Waals surface area contributed by atoms with Crippen LogP contribution in [0.25, 0.3) is 22.2 Å². The van der Waals surface area contributed by atoms with Gasteiger partial charge in [-0.05, 0) is 62.8 Å². The Kier molecular flexibility index (Phi) is 6.78. The summed E-state index contributed by atoms with van der Waals surface area (Å²) < 4.78 is 13.6. The number of hydrogen-bond donors (Lipinski definition) is 2. The van der Waals surface area contributed by atoms with Gasteiger partial charge in [0.05, 0.1) is 23.2 Å². The highest BCUT2D eigenvalue weighted by atomic mass is 35.5. The molecule has 3 N–H and O–H groups in total. The average Bonchev–Trinajstić information content (AvgIpc) is 3.94. The van der Waals surface area contributed by atoms with Gasteiger partial charge < -0.3 is 20.5 Å². The van der Waals surface area contributed by atoms with Crippen LogP contribution in [0.3, 0.4) is 0 Å². The SMILES string of the molecule is COc1cc(C(=O)NC[C@H](c2cc3c(c(-c4cccc(Cl)c4Cl)n2)OC[C@]3(C)C(N)=O)C2CC2)cc2cn(C3CC3)nc12. The van der Waals surface area contributed by atoms with Crippen molar-refractivity contribution >= 4 is 45.9 Å². The second-order valence-electron chi connectivity index (χ2n) is 12.0. The molecule has 43 heavy (non-hydrogen) atoms. The topological polar surface area (TPSA) is 121 Å². The molecule has 2 aliphatic carbocycles. The molecular weight excluding hydrogens is 589 g/mol. The predicted molar refractivity (Wildman–Crippen MR) is 164 cm³/mol. The molecule has 222 valence electrons. The smallest absolute Gasteiger partial charge is 0.251 e. The van der Waals surface area contributed by atoms with Gasteiger partial charge in [-0.15, -0.1) is 0 Å². The van der Waals surface area contributed by atoms with Crippen molar-refractivity contribution in [3.63, 3.8) is 0 Å². The van der Waals surface area contributed by atoms with Crippen molar-refractivity contribution in [3.8, 4) is 22.8 Å². The van der Waals surface area contributed by atoms with Crippen LogP contribution in [-0.4, -0.2) is 46.8 Å². The van der Waals surface area contributed by atoms with E-state index in [1.807, 2.05) is 29.1 Å². The van der Waals surface area contributed by atoms with Gasteiger partial charge in [0.25, 0.3) is 5.91 Å². The number of primary amides is 1. The van der Waals surface area contributed by atoms with Gasteiger partial charge in [-0.25, -0.2) is 4.98 Å². The van der Waals surface area contributed by atoms with Gasteiger partial charge in [-0.2, -0.15) is 5.10 Å². The Bertz CT molecular complexity index is 1800. The highest BCUT2D eigenvalue weighted by Gasteiger charge is 2.45. The second kappa shape index (κ2) is 10.4. The normalized spacial score (nSPS) is 20.0. The molecule has 0 unspecified atom stereocenters. The fourth-order valence-electron chi connectivity index (χ4n) is 5.92. The Morgan fingerprint density at radius 2 is 2.00 bits per heavy atom. The molecule has 4 aromatic rings. The summed E-state index contributed by atoms with van der Waals surface area (Å²) in [6, 6.07) is 11.2. The zero-order chi connectivity index (χ0) is 30.0. The summed E-state index contributed by atoms with van der Waals surface area (Å²) in [5.74, 6) is 0.554. The second-order valence-corrected chi connectivity index (χ2v) is 12.8. The molecule has 3 heterocycles. The summed E-state index contributed by atoms with van der Waals surface area (Å²) in [5, 5.41) is 9.41. The average molecular weight is 621 g/mol. The van der Waals surface area contributed by atoms with Gasteiger partial charge in [0.15, 0.2) is 0 Å². The Morgan fingerprint density at radius 1 is 1.21 bits per heavy atom. The number of halogens is 2. The molecule has 0 bridgehead atoms. The lowest BCUT2D eigenvalue weighted by atomic mass is 9.82. The number of nitrogens with one attached hydrogen (secondary N) is 1. The standard InChI is InChI=1S/C32H31Cl2N5O4/c1-32(31(35)41)15-43-29-22(32)12-24(37-28(29)20-4-3-5-23(33)26(20)34)21(16-6-7-16)13-36-30(40)17-10-18-14-39(19-8-9-19)38-27(18)25(11-17)42-2/h3-5,10-12,14,16,19,21H,6-9,13,15H2,1-2H3,(H2,35,41)(H,36,40)/t21-,32-/m0/s1. The van der Waals surface area contributed by atoms with E-state index in [2.05, 4.69) is 10.4 Å². The van der Waals surface area contributed by atoms with Gasteiger partial charge >= 0.3 is 0 Å². The van der Waals surface area contributed by atoms with E-state index in [1.54, 1.807) is 32.2 Å². The highest BCUT2D eigenvalue weighted by molar-refractivity contribution is 6.43. The fraction of sp³-hybridized carbons (Fsp3) is 0.375. The third-order valence-corrected chi connectivity index (χ3v) is 9.71. The van der Waals surface area contributed by atoms with E-state index >= 15 is 0 Å². The van der Waals surface area contributed by atoms with Gasteiger partial charge in [0, 0.05) is 46.4 Å². The minimum absolute atomic E-state index is 0.0977. The number of benzene rings is 2. The predicted octanol–water partition coefficient (Wildman–Crippen LogP) is 5.81. The van der Waals surface area contributed by atoms with Crippen LogP contribution in [-0.2, 0) is 10.2 Å². The lowest BCUT2D eigenvalue weighted by molar-refractivity contribution is -0.123. The molecule has 0 radical (unpaired) electrons. The summed E-state index contributed by atoms with van der Waals surface area (Å²) >= 11 is 13.0. The van der Waals surface area contributed by atoms with E-state index < -0.39 is 11.3 Å². The largest absolute Gasteiger partial charge is 0.494 e. The number of ether oxygens (including phenoxy) is 2. The number of aromatic nitrogens is 3. The van der Waals surface area contributed by atoms with Gasteiger partial charge in [-0.3, -0.25) is 14.3 Å². The van der Waals surface area contributed by atoms with Crippen molar-refractivity contribution in [1.29, 1.82) is 0 Å². The molecule has 2 saturated carbocycles. The van der Waals surface area contributed by atoms with E-state index in [0.717, 1.165) is 42.3 Å². The molecule has 3 aliphatic rings. The zero-order valence-electron chi connectivity index (χ0n) is 23.8. The van der Waals surface area contributed by atoms with Gasteiger partial charge in [0.2, 0.25) is 5.91 Å². The molecule has 9 nitrogen and oxygen atoms in total. The van der Waals surface area contributed by atoms with Crippen molar-refractivity contribution in [2.75, 3.05) is 20.3 Å². The maximum Gasteiger partial charge on any atom is 0.251 e. The number of carbonyl (C=O) groups is 2. The van der Waals surface area contributed by atoms with Crippen LogP contribution in [0.15, 0.2) is 42.6 Å². The lowest BCUT2D eigenvalue weighted by Crippen LogP contribution is -2.40. The fourth-order valence-corrected chi connectivity index (χ4v) is 6.31. The number of hydrogen-bond acceptors (Lipinski definition) is 6. The first-order valence-electron chi connectivity index (χ1n) is 14.5. The monoisotopic (exact) mass is 619 g/mol. The third-order valence-electron chi connectivity index (χ3n) is 8.89. The minimum atomic E-state index is -1.04. The number of pyridine rings is 1. The first kappa shape index (κ1) is 28.0. The number of rotatable bonds is 9. The van der Waals surface area contributed by atoms with E-state index in [0.29, 0.717) is 62.4 Å². The molecular formula is C32H31Cl2N5O4. The van der Waals surface area contributed by atoms with Crippen molar-refractivity contribution < 1.29 is 19.1 Å². The summed E-state index contributed by atoms with van der Waals surface area (Å²) in [5.41, 5.74) is 8.59. The van der Waals surface area contributed by atoms with Crippen LogP contribution in [0.4, 0.5) is 0 Å². The Hall–Kier alpha value is -3.82. The summed E-state index contributed by atoms with van der Waals surface area (Å²) in [7, 11) is 1.59. The molecule has 2 fully saturated rings. The van der Waals surface area contributed by atoms with Crippen molar-refractivity contribution in [2.45, 2.75) is 50.0 Å². The summed E-state index contributed by atoms with van der Waals surface area (Å²) in [6.07, 6.45) is 6.22. The molecule has 7 rings (SSSR count). The molecule has 2 amide bonds. The molecule has 0 saturated heterocycles. The Balaban J connectivity index is 1.23. The maximum absolute atomic E-state index is 13.5. The number of nitrogens with zero attached hydrogens (tertiary/aromatic N) is 3. The first-order chi connectivity index (χ1) is 20.7. The van der Waals surface area contributed by atoms with Crippen LogP contribution in [0.2, 0.25) is 10.0 Å². The van der Waals surface area contributed by atoms with E-state index in [9.17, 15) is 9.59 Å². The van der Waals surface area contributed by atoms with Crippen LogP contribution >= 0.6 is 23.2 Å².